The Morgan fingerprint density at radius 3 is 2.32 bits per heavy atom. The summed E-state index contributed by atoms with van der Waals surface area (Å²) in [5.74, 6) is -0.328. The molecule has 1 saturated heterocycles. The number of hydrogen-bond donors (Lipinski definition) is 1. The van der Waals surface area contributed by atoms with Crippen LogP contribution in [0.3, 0.4) is 0 Å². The first-order valence-corrected chi connectivity index (χ1v) is 8.06. The molecule has 2 aromatic rings. The van der Waals surface area contributed by atoms with Gasteiger partial charge in [-0.25, -0.2) is 4.79 Å². The number of carbonyl (C=O) groups is 2. The molecular formula is C16H17N3O2S. The van der Waals surface area contributed by atoms with E-state index in [0.717, 1.165) is 18.8 Å². The van der Waals surface area contributed by atoms with Crippen molar-refractivity contribution in [2.24, 2.45) is 0 Å². The molecule has 22 heavy (non-hydrogen) atoms. The number of nitrogens with one attached hydrogen (secondary N) is 1. The summed E-state index contributed by atoms with van der Waals surface area (Å²) in [7, 11) is 0. The van der Waals surface area contributed by atoms with Crippen molar-refractivity contribution < 1.29 is 9.59 Å². The number of rotatable bonds is 2. The summed E-state index contributed by atoms with van der Waals surface area (Å²) in [5, 5.41) is 4.26. The van der Waals surface area contributed by atoms with E-state index < -0.39 is 0 Å². The summed E-state index contributed by atoms with van der Waals surface area (Å²) in [6.07, 6.45) is 0. The van der Waals surface area contributed by atoms with Crippen LogP contribution in [-0.2, 0) is 0 Å². The molecule has 0 saturated carbocycles. The highest BCUT2D eigenvalue weighted by Crippen LogP contribution is 2.15. The van der Waals surface area contributed by atoms with E-state index in [1.807, 2.05) is 23.6 Å². The SMILES string of the molecule is O=C(NC(=O)N1CCN(c2ccccc2)CC1)c1cccs1. The number of amides is 3. The van der Waals surface area contributed by atoms with Crippen LogP contribution in [0.1, 0.15) is 9.67 Å². The van der Waals surface area contributed by atoms with Gasteiger partial charge >= 0.3 is 6.03 Å². The molecule has 0 atom stereocenters. The largest absolute Gasteiger partial charge is 0.368 e. The lowest BCUT2D eigenvalue weighted by Crippen LogP contribution is -2.52. The fraction of sp³-hybridized carbons (Fsp3) is 0.250. The van der Waals surface area contributed by atoms with Crippen LogP contribution in [0.15, 0.2) is 47.8 Å². The van der Waals surface area contributed by atoms with Gasteiger partial charge in [0.25, 0.3) is 5.91 Å². The Hall–Kier alpha value is -2.34. The predicted molar refractivity (Wildman–Crippen MR) is 87.4 cm³/mol. The minimum Gasteiger partial charge on any atom is -0.368 e. The number of imide groups is 1. The van der Waals surface area contributed by atoms with E-state index in [1.165, 1.54) is 11.3 Å². The van der Waals surface area contributed by atoms with Gasteiger partial charge in [-0.3, -0.25) is 10.1 Å². The normalized spacial score (nSPS) is 14.7. The van der Waals surface area contributed by atoms with Crippen LogP contribution >= 0.6 is 11.3 Å². The molecule has 6 heteroatoms. The molecule has 1 aliphatic heterocycles. The van der Waals surface area contributed by atoms with Gasteiger partial charge < -0.3 is 9.80 Å². The second kappa shape index (κ2) is 6.62. The quantitative estimate of drug-likeness (QED) is 0.926. The molecule has 5 nitrogen and oxygen atoms in total. The van der Waals surface area contributed by atoms with Crippen LogP contribution in [0.4, 0.5) is 10.5 Å². The molecule has 1 aromatic carbocycles. The van der Waals surface area contributed by atoms with E-state index in [0.29, 0.717) is 18.0 Å². The van der Waals surface area contributed by atoms with Gasteiger partial charge in [0, 0.05) is 31.9 Å². The topological polar surface area (TPSA) is 52.7 Å². The molecule has 1 fully saturated rings. The number of urea groups is 1. The van der Waals surface area contributed by atoms with Crippen LogP contribution in [0, 0.1) is 0 Å². The number of hydrogen-bond acceptors (Lipinski definition) is 4. The van der Waals surface area contributed by atoms with Gasteiger partial charge in [0.2, 0.25) is 0 Å². The summed E-state index contributed by atoms with van der Waals surface area (Å²) in [6.45, 7) is 2.76. The van der Waals surface area contributed by atoms with Gasteiger partial charge in [0.1, 0.15) is 0 Å². The molecule has 0 aliphatic carbocycles. The van der Waals surface area contributed by atoms with Crippen LogP contribution in [0.2, 0.25) is 0 Å². The van der Waals surface area contributed by atoms with E-state index >= 15 is 0 Å². The summed E-state index contributed by atoms with van der Waals surface area (Å²) in [6, 6.07) is 13.3. The average molecular weight is 315 g/mol. The maximum atomic E-state index is 12.1. The molecule has 0 unspecified atom stereocenters. The summed E-state index contributed by atoms with van der Waals surface area (Å²) < 4.78 is 0. The minimum atomic E-state index is -0.328. The lowest BCUT2D eigenvalue weighted by atomic mass is 10.2. The predicted octanol–water partition coefficient (Wildman–Crippen LogP) is 2.42. The maximum absolute atomic E-state index is 12.1. The average Bonchev–Trinajstić information content (AvgIpc) is 3.10. The third kappa shape index (κ3) is 3.28. The zero-order valence-electron chi connectivity index (χ0n) is 12.1. The Morgan fingerprint density at radius 1 is 0.955 bits per heavy atom. The first-order chi connectivity index (χ1) is 10.7. The van der Waals surface area contributed by atoms with Crippen molar-refractivity contribution in [3.63, 3.8) is 0 Å². The highest BCUT2D eigenvalue weighted by atomic mass is 32.1. The van der Waals surface area contributed by atoms with Gasteiger partial charge in [-0.15, -0.1) is 11.3 Å². The van der Waals surface area contributed by atoms with Crippen LogP contribution in [-0.4, -0.2) is 43.0 Å². The van der Waals surface area contributed by atoms with Crippen LogP contribution in [0.5, 0.6) is 0 Å². The summed E-state index contributed by atoms with van der Waals surface area (Å²) in [4.78, 5) is 28.5. The van der Waals surface area contributed by atoms with E-state index in [2.05, 4.69) is 22.3 Å². The van der Waals surface area contributed by atoms with Gasteiger partial charge in [0.15, 0.2) is 0 Å². The fourth-order valence-electron chi connectivity index (χ4n) is 2.45. The van der Waals surface area contributed by atoms with Crippen molar-refractivity contribution in [3.8, 4) is 0 Å². The Kier molecular flexibility index (Phi) is 4.39. The Morgan fingerprint density at radius 2 is 1.68 bits per heavy atom. The molecule has 0 spiro atoms. The number of para-hydroxylation sites is 1. The highest BCUT2D eigenvalue weighted by molar-refractivity contribution is 7.12. The van der Waals surface area contributed by atoms with Crippen molar-refractivity contribution in [2.75, 3.05) is 31.1 Å². The third-order valence-electron chi connectivity index (χ3n) is 3.65. The van der Waals surface area contributed by atoms with Crippen molar-refractivity contribution in [1.82, 2.24) is 10.2 Å². The number of carbonyl (C=O) groups excluding carboxylic acids is 2. The number of benzene rings is 1. The lowest BCUT2D eigenvalue weighted by Gasteiger charge is -2.35. The van der Waals surface area contributed by atoms with Gasteiger partial charge in [-0.1, -0.05) is 24.3 Å². The first kappa shape index (κ1) is 14.6. The van der Waals surface area contributed by atoms with Gasteiger partial charge in [-0.2, -0.15) is 0 Å². The minimum absolute atomic E-state index is 0.314. The molecular weight excluding hydrogens is 298 g/mol. The number of nitrogens with zero attached hydrogens (tertiary/aromatic N) is 2. The second-order valence-corrected chi connectivity index (χ2v) is 5.99. The number of piperazine rings is 1. The summed E-state index contributed by atoms with van der Waals surface area (Å²) >= 11 is 1.33. The molecule has 3 rings (SSSR count). The Bertz CT molecular complexity index is 635. The number of anilines is 1. The molecule has 3 amide bonds. The Balaban J connectivity index is 1.53. The van der Waals surface area contributed by atoms with E-state index in [-0.39, 0.29) is 11.9 Å². The molecule has 1 N–H and O–H groups in total. The maximum Gasteiger partial charge on any atom is 0.324 e. The van der Waals surface area contributed by atoms with Gasteiger partial charge in [0.05, 0.1) is 4.88 Å². The lowest BCUT2D eigenvalue weighted by molar-refractivity contribution is 0.0955. The zero-order chi connectivity index (χ0) is 15.4. The van der Waals surface area contributed by atoms with E-state index in [9.17, 15) is 9.59 Å². The van der Waals surface area contributed by atoms with Crippen molar-refractivity contribution in [2.45, 2.75) is 0 Å². The van der Waals surface area contributed by atoms with Crippen LogP contribution in [0.25, 0.3) is 0 Å². The highest BCUT2D eigenvalue weighted by Gasteiger charge is 2.23. The number of thiophene rings is 1. The molecule has 0 bridgehead atoms. The molecule has 0 radical (unpaired) electrons. The van der Waals surface area contributed by atoms with Crippen molar-refractivity contribution in [3.05, 3.63) is 52.7 Å². The zero-order valence-corrected chi connectivity index (χ0v) is 12.9. The third-order valence-corrected chi connectivity index (χ3v) is 4.52. The molecule has 1 aromatic heterocycles. The fourth-order valence-corrected chi connectivity index (χ4v) is 3.07. The second-order valence-electron chi connectivity index (χ2n) is 5.05. The molecule has 1 aliphatic rings. The monoisotopic (exact) mass is 315 g/mol. The Labute approximate surface area is 133 Å². The van der Waals surface area contributed by atoms with E-state index in [1.54, 1.807) is 17.0 Å². The smallest absolute Gasteiger partial charge is 0.324 e. The van der Waals surface area contributed by atoms with Crippen molar-refractivity contribution in [1.29, 1.82) is 0 Å². The van der Waals surface area contributed by atoms with E-state index in [4.69, 9.17) is 0 Å². The standard InChI is InChI=1S/C16H17N3O2S/c20-15(14-7-4-12-22-14)17-16(21)19-10-8-18(9-11-19)13-5-2-1-3-6-13/h1-7,12H,8-11H2,(H,17,20,21). The molecule has 114 valence electrons. The van der Waals surface area contributed by atoms with Crippen molar-refractivity contribution >= 4 is 29.0 Å². The van der Waals surface area contributed by atoms with Crippen LogP contribution < -0.4 is 10.2 Å². The van der Waals surface area contributed by atoms with Gasteiger partial charge in [-0.05, 0) is 23.6 Å². The molecule has 2 heterocycles. The summed E-state index contributed by atoms with van der Waals surface area (Å²) in [5.41, 5.74) is 1.16. The first-order valence-electron chi connectivity index (χ1n) is 7.18.